The molecule has 0 fully saturated rings. The molecular weight excluding hydrogens is 194 g/mol. The number of hydrogen-bond donors (Lipinski definition) is 1. The molecule has 0 spiro atoms. The quantitative estimate of drug-likeness (QED) is 0.761. The van der Waals surface area contributed by atoms with Gasteiger partial charge in [-0.15, -0.1) is 0 Å². The molecular formula is C15H21N. The van der Waals surface area contributed by atoms with E-state index in [1.54, 1.807) is 0 Å². The van der Waals surface area contributed by atoms with Gasteiger partial charge in [0.15, 0.2) is 0 Å². The van der Waals surface area contributed by atoms with Crippen molar-refractivity contribution >= 4 is 0 Å². The first-order valence-electron chi connectivity index (χ1n) is 6.20. The Labute approximate surface area is 98.6 Å². The lowest BCUT2D eigenvalue weighted by molar-refractivity contribution is 0.422. The zero-order valence-electron chi connectivity index (χ0n) is 10.3. The number of aryl methyl sites for hydroxylation is 1. The van der Waals surface area contributed by atoms with Crippen molar-refractivity contribution in [2.75, 3.05) is 13.1 Å². The maximum absolute atomic E-state index is 3.52. The van der Waals surface area contributed by atoms with E-state index in [2.05, 4.69) is 55.6 Å². The van der Waals surface area contributed by atoms with Crippen molar-refractivity contribution < 1.29 is 0 Å². The predicted octanol–water partition coefficient (Wildman–Crippen LogP) is 3.19. The van der Waals surface area contributed by atoms with Crippen LogP contribution in [0.3, 0.4) is 0 Å². The average molecular weight is 215 g/mol. The summed E-state index contributed by atoms with van der Waals surface area (Å²) in [4.78, 5) is 0. The van der Waals surface area contributed by atoms with Crippen LogP contribution in [0.25, 0.3) is 0 Å². The number of rotatable bonds is 4. The van der Waals surface area contributed by atoms with Gasteiger partial charge in [-0.2, -0.15) is 0 Å². The normalized spacial score (nSPS) is 17.9. The molecule has 16 heavy (non-hydrogen) atoms. The van der Waals surface area contributed by atoms with Crippen LogP contribution in [0.1, 0.15) is 30.9 Å². The van der Waals surface area contributed by atoms with E-state index in [0.717, 1.165) is 13.1 Å². The van der Waals surface area contributed by atoms with Crippen LogP contribution >= 0.6 is 0 Å². The van der Waals surface area contributed by atoms with Crippen LogP contribution in [-0.2, 0) is 5.41 Å². The summed E-state index contributed by atoms with van der Waals surface area (Å²) in [5.74, 6) is 0. The number of benzene rings is 1. The first-order chi connectivity index (χ1) is 7.78. The van der Waals surface area contributed by atoms with Gasteiger partial charge in [0, 0.05) is 12.0 Å². The molecule has 1 aliphatic rings. The fourth-order valence-electron chi connectivity index (χ4n) is 2.69. The smallest absolute Gasteiger partial charge is 0.0149 e. The molecule has 0 atom stereocenters. The summed E-state index contributed by atoms with van der Waals surface area (Å²) in [6.07, 6.45) is 6.99. The van der Waals surface area contributed by atoms with Crippen molar-refractivity contribution in [3.05, 3.63) is 47.5 Å². The first-order valence-corrected chi connectivity index (χ1v) is 6.20. The van der Waals surface area contributed by atoms with E-state index in [4.69, 9.17) is 0 Å². The van der Waals surface area contributed by atoms with Gasteiger partial charge < -0.3 is 5.32 Å². The first kappa shape index (κ1) is 11.4. The lowest BCUT2D eigenvalue weighted by Gasteiger charge is -2.31. The highest BCUT2D eigenvalue weighted by Gasteiger charge is 2.33. The fourth-order valence-corrected chi connectivity index (χ4v) is 2.69. The molecule has 0 aromatic heterocycles. The third kappa shape index (κ3) is 2.05. The van der Waals surface area contributed by atoms with Gasteiger partial charge in [-0.3, -0.25) is 0 Å². The van der Waals surface area contributed by atoms with E-state index in [1.807, 2.05) is 0 Å². The Kier molecular flexibility index (Phi) is 3.45. The van der Waals surface area contributed by atoms with E-state index < -0.39 is 0 Å². The van der Waals surface area contributed by atoms with Crippen LogP contribution in [-0.4, -0.2) is 13.1 Å². The summed E-state index contributed by atoms with van der Waals surface area (Å²) >= 11 is 0. The topological polar surface area (TPSA) is 12.0 Å². The van der Waals surface area contributed by atoms with Gasteiger partial charge in [0.1, 0.15) is 0 Å². The molecule has 1 aliphatic carbocycles. The molecule has 2 rings (SSSR count). The van der Waals surface area contributed by atoms with Gasteiger partial charge in [-0.1, -0.05) is 43.3 Å². The molecule has 86 valence electrons. The zero-order valence-corrected chi connectivity index (χ0v) is 10.3. The van der Waals surface area contributed by atoms with Gasteiger partial charge in [0.2, 0.25) is 0 Å². The zero-order chi connectivity index (χ0) is 11.4. The van der Waals surface area contributed by atoms with Crippen LogP contribution in [0.2, 0.25) is 0 Å². The van der Waals surface area contributed by atoms with Crippen molar-refractivity contribution in [3.8, 4) is 0 Å². The predicted molar refractivity (Wildman–Crippen MR) is 69.8 cm³/mol. The van der Waals surface area contributed by atoms with Crippen molar-refractivity contribution in [2.45, 2.75) is 32.1 Å². The molecule has 1 N–H and O–H groups in total. The van der Waals surface area contributed by atoms with Gasteiger partial charge in [-0.25, -0.2) is 0 Å². The van der Waals surface area contributed by atoms with Gasteiger partial charge in [-0.05, 0) is 37.4 Å². The molecule has 1 aromatic carbocycles. The van der Waals surface area contributed by atoms with E-state index >= 15 is 0 Å². The van der Waals surface area contributed by atoms with Crippen LogP contribution < -0.4 is 5.32 Å². The third-order valence-electron chi connectivity index (χ3n) is 3.61. The standard InChI is InChI=1S/C15H21N/c1-3-16-12-15(10-6-7-11-15)14-9-5-4-8-13(14)2/h4-9,16H,3,10-12H2,1-2H3. The van der Waals surface area contributed by atoms with Gasteiger partial charge in [0.05, 0.1) is 0 Å². The minimum absolute atomic E-state index is 0.307. The Bertz CT molecular complexity index is 371. The highest BCUT2D eigenvalue weighted by atomic mass is 14.9. The summed E-state index contributed by atoms with van der Waals surface area (Å²) in [6, 6.07) is 8.80. The van der Waals surface area contributed by atoms with Gasteiger partial charge in [0.25, 0.3) is 0 Å². The van der Waals surface area contributed by atoms with Crippen LogP contribution in [0, 0.1) is 6.92 Å². The number of hydrogen-bond acceptors (Lipinski definition) is 1. The molecule has 1 aromatic rings. The Hall–Kier alpha value is -1.08. The average Bonchev–Trinajstić information content (AvgIpc) is 2.77. The Morgan fingerprint density at radius 2 is 1.88 bits per heavy atom. The van der Waals surface area contributed by atoms with E-state index in [0.29, 0.717) is 5.41 Å². The molecule has 1 nitrogen and oxygen atoms in total. The maximum Gasteiger partial charge on any atom is 0.0149 e. The Morgan fingerprint density at radius 1 is 1.19 bits per heavy atom. The molecule has 0 bridgehead atoms. The SMILES string of the molecule is CCNCC1(c2ccccc2C)CC=CC1. The molecule has 0 saturated heterocycles. The van der Waals surface area contributed by atoms with Gasteiger partial charge >= 0.3 is 0 Å². The molecule has 0 saturated carbocycles. The monoisotopic (exact) mass is 215 g/mol. The summed E-state index contributed by atoms with van der Waals surface area (Å²) in [5, 5.41) is 3.52. The molecule has 0 heterocycles. The second kappa shape index (κ2) is 4.84. The summed E-state index contributed by atoms with van der Waals surface area (Å²) in [7, 11) is 0. The minimum Gasteiger partial charge on any atom is -0.316 e. The second-order valence-electron chi connectivity index (χ2n) is 4.76. The lowest BCUT2D eigenvalue weighted by Crippen LogP contribution is -2.36. The number of likely N-dealkylation sites (N-methyl/N-ethyl adjacent to an activating group) is 1. The summed E-state index contributed by atoms with van der Waals surface area (Å²) in [5.41, 5.74) is 3.24. The fraction of sp³-hybridized carbons (Fsp3) is 0.467. The minimum atomic E-state index is 0.307. The number of allylic oxidation sites excluding steroid dienone is 2. The summed E-state index contributed by atoms with van der Waals surface area (Å²) in [6.45, 7) is 6.53. The molecule has 0 radical (unpaired) electrons. The molecule has 0 unspecified atom stereocenters. The van der Waals surface area contributed by atoms with Crippen molar-refractivity contribution in [2.24, 2.45) is 0 Å². The maximum atomic E-state index is 3.52. The highest BCUT2D eigenvalue weighted by molar-refractivity contribution is 5.37. The largest absolute Gasteiger partial charge is 0.316 e. The molecule has 0 amide bonds. The van der Waals surface area contributed by atoms with Crippen LogP contribution in [0.4, 0.5) is 0 Å². The van der Waals surface area contributed by atoms with Crippen LogP contribution in [0.5, 0.6) is 0 Å². The Balaban J connectivity index is 2.29. The Morgan fingerprint density at radius 3 is 2.50 bits per heavy atom. The second-order valence-corrected chi connectivity index (χ2v) is 4.76. The molecule has 1 heteroatoms. The third-order valence-corrected chi connectivity index (χ3v) is 3.61. The van der Waals surface area contributed by atoms with Crippen LogP contribution in [0.15, 0.2) is 36.4 Å². The van der Waals surface area contributed by atoms with E-state index in [1.165, 1.54) is 24.0 Å². The number of nitrogens with one attached hydrogen (secondary N) is 1. The van der Waals surface area contributed by atoms with Crippen molar-refractivity contribution in [3.63, 3.8) is 0 Å². The molecule has 0 aliphatic heterocycles. The van der Waals surface area contributed by atoms with Crippen molar-refractivity contribution in [1.29, 1.82) is 0 Å². The van der Waals surface area contributed by atoms with Crippen molar-refractivity contribution in [1.82, 2.24) is 5.32 Å². The van der Waals surface area contributed by atoms with E-state index in [-0.39, 0.29) is 0 Å². The lowest BCUT2D eigenvalue weighted by atomic mass is 9.76. The summed E-state index contributed by atoms with van der Waals surface area (Å²) < 4.78 is 0. The highest BCUT2D eigenvalue weighted by Crippen LogP contribution is 2.38. The van der Waals surface area contributed by atoms with E-state index in [9.17, 15) is 0 Å².